The molecule has 0 N–H and O–H groups in total. The molecule has 0 saturated carbocycles. The molecule has 0 aliphatic heterocycles. The van der Waals surface area contributed by atoms with Crippen molar-refractivity contribution >= 4 is 0 Å². The van der Waals surface area contributed by atoms with Crippen molar-refractivity contribution in [3.8, 4) is 0 Å². The molecular formula is C9H18CuLi2. The molecule has 0 atom stereocenters. The molecule has 0 aromatic heterocycles. The van der Waals surface area contributed by atoms with E-state index in [-0.39, 0.29) is 62.2 Å². The summed E-state index contributed by atoms with van der Waals surface area (Å²) in [5, 5.41) is 0. The standard InChI is InChI=1S/C8H15.CH3.Cu.2Li/c1-3-5-7-8-6-4-2;;;;/h1,3H,4-8H2,2H3;1H3;;;/q2*-1;;2*+1. The van der Waals surface area contributed by atoms with E-state index in [1.165, 1.54) is 25.7 Å². The van der Waals surface area contributed by atoms with E-state index in [4.69, 9.17) is 6.58 Å². The minimum Gasteiger partial charge on any atom is -0.518 e. The first-order valence-corrected chi connectivity index (χ1v) is 3.45. The molecule has 0 unspecified atom stereocenters. The van der Waals surface area contributed by atoms with Crippen molar-refractivity contribution in [2.45, 2.75) is 39.0 Å². The third-order valence-corrected chi connectivity index (χ3v) is 1.22. The molecule has 0 bridgehead atoms. The SMILES string of the molecule is [CH-]=CCCCCCC.[CH3-].[Cu].[Li+].[Li+]. The summed E-state index contributed by atoms with van der Waals surface area (Å²) >= 11 is 0. The normalized spacial score (nSPS) is 6.08. The maximum atomic E-state index is 5.19. The monoisotopic (exact) mass is 203 g/mol. The van der Waals surface area contributed by atoms with Crippen molar-refractivity contribution in [1.82, 2.24) is 0 Å². The molecular weight excluding hydrogens is 186 g/mol. The van der Waals surface area contributed by atoms with E-state index >= 15 is 0 Å². The van der Waals surface area contributed by atoms with Crippen LogP contribution < -0.4 is 37.7 Å². The zero-order chi connectivity index (χ0) is 6.24. The van der Waals surface area contributed by atoms with Crippen LogP contribution in [0.25, 0.3) is 0 Å². The fourth-order valence-corrected chi connectivity index (χ4v) is 0.689. The van der Waals surface area contributed by atoms with Crippen LogP contribution in [0.3, 0.4) is 0 Å². The molecule has 1 radical (unpaired) electrons. The van der Waals surface area contributed by atoms with Gasteiger partial charge in [-0.25, -0.2) is 0 Å². The first-order chi connectivity index (χ1) is 3.91. The second-order valence-corrected chi connectivity index (χ2v) is 2.09. The van der Waals surface area contributed by atoms with Crippen molar-refractivity contribution in [2.24, 2.45) is 0 Å². The summed E-state index contributed by atoms with van der Waals surface area (Å²) in [5.41, 5.74) is 0. The summed E-state index contributed by atoms with van der Waals surface area (Å²) < 4.78 is 0. The van der Waals surface area contributed by atoms with Crippen LogP contribution in [0.15, 0.2) is 6.08 Å². The third-order valence-electron chi connectivity index (χ3n) is 1.22. The Morgan fingerprint density at radius 3 is 1.92 bits per heavy atom. The fraction of sp³-hybridized carbons (Fsp3) is 0.667. The predicted molar refractivity (Wildman–Crippen MR) is 44.0 cm³/mol. The van der Waals surface area contributed by atoms with Gasteiger partial charge in [-0.1, -0.05) is 39.0 Å². The average Bonchev–Trinajstić information content (AvgIpc) is 1.81. The largest absolute Gasteiger partial charge is 1.00 e. The summed E-state index contributed by atoms with van der Waals surface area (Å²) in [5.74, 6) is 0. The van der Waals surface area contributed by atoms with Gasteiger partial charge in [-0.3, -0.25) is 6.08 Å². The van der Waals surface area contributed by atoms with Crippen LogP contribution >= 0.6 is 0 Å². The van der Waals surface area contributed by atoms with Crippen molar-refractivity contribution in [3.63, 3.8) is 0 Å². The summed E-state index contributed by atoms with van der Waals surface area (Å²) in [6.07, 6.45) is 8.10. The van der Waals surface area contributed by atoms with Gasteiger partial charge in [0, 0.05) is 17.1 Å². The molecule has 0 rings (SSSR count). The quantitative estimate of drug-likeness (QED) is 0.261. The van der Waals surface area contributed by atoms with Gasteiger partial charge in [0.05, 0.1) is 0 Å². The van der Waals surface area contributed by atoms with Gasteiger partial charge in [0.25, 0.3) is 0 Å². The average molecular weight is 204 g/mol. The van der Waals surface area contributed by atoms with Crippen LogP contribution in [0.2, 0.25) is 0 Å². The molecule has 0 nitrogen and oxygen atoms in total. The molecule has 0 saturated heterocycles. The molecule has 12 heavy (non-hydrogen) atoms. The molecule has 0 aliphatic rings. The zero-order valence-corrected chi connectivity index (χ0v) is 9.93. The second kappa shape index (κ2) is 29.4. The summed E-state index contributed by atoms with van der Waals surface area (Å²) in [6, 6.07) is 0. The van der Waals surface area contributed by atoms with Crippen LogP contribution in [-0.4, -0.2) is 0 Å². The van der Waals surface area contributed by atoms with Crippen LogP contribution in [0, 0.1) is 14.0 Å². The third kappa shape index (κ3) is 30.1. The number of hydrogen-bond donors (Lipinski definition) is 0. The first kappa shape index (κ1) is 29.2. The maximum absolute atomic E-state index is 5.19. The van der Waals surface area contributed by atoms with E-state index in [1.54, 1.807) is 6.08 Å². The van der Waals surface area contributed by atoms with Crippen molar-refractivity contribution in [1.29, 1.82) is 0 Å². The molecule has 0 spiro atoms. The molecule has 0 fully saturated rings. The molecule has 0 amide bonds. The van der Waals surface area contributed by atoms with Crippen LogP contribution in [0.1, 0.15) is 39.0 Å². The van der Waals surface area contributed by atoms with E-state index in [0.717, 1.165) is 6.42 Å². The Labute approximate surface area is 113 Å². The van der Waals surface area contributed by atoms with Crippen molar-refractivity contribution < 1.29 is 54.8 Å². The predicted octanol–water partition coefficient (Wildman–Crippen LogP) is -2.60. The first-order valence-electron chi connectivity index (χ1n) is 3.45. The minimum absolute atomic E-state index is 0. The van der Waals surface area contributed by atoms with Gasteiger partial charge in [-0.2, -0.15) is 0 Å². The number of unbranched alkanes of at least 4 members (excludes halogenated alkanes) is 4. The minimum atomic E-state index is 0. The Kier molecular flexibility index (Phi) is 71.5. The molecule has 0 aromatic carbocycles. The second-order valence-electron chi connectivity index (χ2n) is 2.09. The Balaban J connectivity index is -0.0000000408. The van der Waals surface area contributed by atoms with Gasteiger partial charge in [-0.05, 0) is 0 Å². The smallest absolute Gasteiger partial charge is 0.518 e. The van der Waals surface area contributed by atoms with Gasteiger partial charge in [0.15, 0.2) is 0 Å². The van der Waals surface area contributed by atoms with Crippen LogP contribution in [0.4, 0.5) is 0 Å². The Bertz CT molecular complexity index is 58.5. The summed E-state index contributed by atoms with van der Waals surface area (Å²) in [6.45, 7) is 7.40. The van der Waals surface area contributed by atoms with Gasteiger partial charge < -0.3 is 14.0 Å². The van der Waals surface area contributed by atoms with E-state index in [9.17, 15) is 0 Å². The number of hydrogen-bond acceptors (Lipinski definition) is 0. The zero-order valence-electron chi connectivity index (χ0n) is 8.99. The van der Waals surface area contributed by atoms with Crippen LogP contribution in [0.5, 0.6) is 0 Å². The van der Waals surface area contributed by atoms with Gasteiger partial charge in [0.1, 0.15) is 0 Å². The molecule has 0 aromatic rings. The topological polar surface area (TPSA) is 0 Å². The van der Waals surface area contributed by atoms with E-state index < -0.39 is 0 Å². The van der Waals surface area contributed by atoms with E-state index in [2.05, 4.69) is 6.92 Å². The Morgan fingerprint density at radius 1 is 1.08 bits per heavy atom. The molecule has 3 heteroatoms. The Morgan fingerprint density at radius 2 is 1.58 bits per heavy atom. The summed E-state index contributed by atoms with van der Waals surface area (Å²) in [4.78, 5) is 0. The van der Waals surface area contributed by atoms with Gasteiger partial charge >= 0.3 is 37.7 Å². The van der Waals surface area contributed by atoms with Crippen LogP contribution in [-0.2, 0) is 17.1 Å². The van der Waals surface area contributed by atoms with E-state index in [1.807, 2.05) is 0 Å². The number of rotatable bonds is 5. The molecule has 67 valence electrons. The van der Waals surface area contributed by atoms with Crippen molar-refractivity contribution in [3.05, 3.63) is 20.1 Å². The van der Waals surface area contributed by atoms with Crippen molar-refractivity contribution in [2.75, 3.05) is 0 Å². The molecule has 0 aliphatic carbocycles. The maximum Gasteiger partial charge on any atom is 1.00 e. The van der Waals surface area contributed by atoms with Gasteiger partial charge in [-0.15, -0.1) is 0 Å². The number of allylic oxidation sites excluding steroid dienone is 1. The van der Waals surface area contributed by atoms with E-state index in [0.29, 0.717) is 0 Å². The molecule has 0 heterocycles. The summed E-state index contributed by atoms with van der Waals surface area (Å²) in [7, 11) is 0. The van der Waals surface area contributed by atoms with Gasteiger partial charge in [0.2, 0.25) is 0 Å². The fourth-order valence-electron chi connectivity index (χ4n) is 0.689. The Hall–Kier alpha value is 1.45.